The van der Waals surface area contributed by atoms with E-state index < -0.39 is 0 Å². The molecular weight excluding hydrogens is 332 g/mol. The average molecular weight is 356 g/mol. The van der Waals surface area contributed by atoms with Crippen molar-refractivity contribution < 1.29 is 0 Å². The van der Waals surface area contributed by atoms with Crippen molar-refractivity contribution in [3.8, 4) is 0 Å². The van der Waals surface area contributed by atoms with E-state index in [-0.39, 0.29) is 0 Å². The first-order valence-corrected chi connectivity index (χ1v) is 9.20. The van der Waals surface area contributed by atoms with Gasteiger partial charge in [0.1, 0.15) is 5.82 Å². The summed E-state index contributed by atoms with van der Waals surface area (Å²) in [5, 5.41) is 6.57. The van der Waals surface area contributed by atoms with Crippen LogP contribution >= 0.6 is 0 Å². The van der Waals surface area contributed by atoms with Crippen LogP contribution < -0.4 is 5.73 Å². The zero-order valence-corrected chi connectivity index (χ0v) is 15.3. The first kappa shape index (κ1) is 17.2. The smallest absolute Gasteiger partial charge is 0.133 e. The highest BCUT2D eigenvalue weighted by Gasteiger charge is 2.29. The SMILES string of the molecule is NC1=CN(Cc2ccccc2)N(Cc2ccccc2)N1Cc1ccccc1. The lowest BCUT2D eigenvalue weighted by Gasteiger charge is -2.36. The van der Waals surface area contributed by atoms with Crippen LogP contribution in [0.2, 0.25) is 0 Å². The van der Waals surface area contributed by atoms with E-state index in [2.05, 4.69) is 87.9 Å². The molecule has 4 heteroatoms. The van der Waals surface area contributed by atoms with Crippen molar-refractivity contribution in [1.29, 1.82) is 0 Å². The van der Waals surface area contributed by atoms with Gasteiger partial charge in [0.2, 0.25) is 0 Å². The molecule has 0 aromatic heterocycles. The van der Waals surface area contributed by atoms with Gasteiger partial charge in [-0.15, -0.1) is 5.12 Å². The monoisotopic (exact) mass is 356 g/mol. The molecule has 0 saturated heterocycles. The Morgan fingerprint density at radius 2 is 1.00 bits per heavy atom. The first-order chi connectivity index (χ1) is 13.3. The van der Waals surface area contributed by atoms with Crippen LogP contribution in [0.1, 0.15) is 16.7 Å². The summed E-state index contributed by atoms with van der Waals surface area (Å²) in [6, 6.07) is 31.4. The number of nitrogens with two attached hydrogens (primary N) is 1. The topological polar surface area (TPSA) is 35.7 Å². The van der Waals surface area contributed by atoms with E-state index >= 15 is 0 Å². The molecule has 4 nitrogen and oxygen atoms in total. The highest BCUT2D eigenvalue weighted by molar-refractivity contribution is 5.19. The standard InChI is InChI=1S/C23H24N4/c24-23-19-25(16-20-10-4-1-5-11-20)27(18-22-14-8-3-9-15-22)26(23)17-21-12-6-2-7-13-21/h1-15,19H,16-18,24H2. The zero-order valence-electron chi connectivity index (χ0n) is 15.3. The Hall–Kier alpha value is -3.24. The van der Waals surface area contributed by atoms with Gasteiger partial charge in [-0.3, -0.25) is 10.0 Å². The average Bonchev–Trinajstić information content (AvgIpc) is 2.99. The third-order valence-corrected chi connectivity index (χ3v) is 4.68. The quantitative estimate of drug-likeness (QED) is 0.721. The molecule has 0 unspecified atom stereocenters. The van der Waals surface area contributed by atoms with Gasteiger partial charge in [0.15, 0.2) is 0 Å². The van der Waals surface area contributed by atoms with E-state index in [0.29, 0.717) is 0 Å². The molecule has 1 aliphatic rings. The minimum absolute atomic E-state index is 0.737. The van der Waals surface area contributed by atoms with Crippen LogP contribution in [0.3, 0.4) is 0 Å². The van der Waals surface area contributed by atoms with Crippen LogP contribution in [0, 0.1) is 0 Å². The Morgan fingerprint density at radius 1 is 0.556 bits per heavy atom. The molecule has 1 aliphatic heterocycles. The van der Waals surface area contributed by atoms with Crippen molar-refractivity contribution in [2.45, 2.75) is 19.6 Å². The molecule has 1 heterocycles. The second-order valence-electron chi connectivity index (χ2n) is 6.70. The van der Waals surface area contributed by atoms with E-state index in [9.17, 15) is 0 Å². The Labute approximate surface area is 160 Å². The molecule has 3 aromatic rings. The normalized spacial score (nSPS) is 14.4. The summed E-state index contributed by atoms with van der Waals surface area (Å²) < 4.78 is 0. The highest BCUT2D eigenvalue weighted by Crippen LogP contribution is 2.25. The molecule has 0 bridgehead atoms. The maximum absolute atomic E-state index is 6.42. The zero-order chi connectivity index (χ0) is 18.5. The fourth-order valence-corrected chi connectivity index (χ4v) is 3.31. The molecule has 0 aliphatic carbocycles. The van der Waals surface area contributed by atoms with E-state index in [4.69, 9.17) is 5.73 Å². The number of hydrazine groups is 2. The van der Waals surface area contributed by atoms with Gasteiger partial charge in [-0.05, 0) is 16.7 Å². The minimum atomic E-state index is 0.737. The maximum Gasteiger partial charge on any atom is 0.133 e. The summed E-state index contributed by atoms with van der Waals surface area (Å²) in [7, 11) is 0. The fraction of sp³-hybridized carbons (Fsp3) is 0.130. The molecule has 0 radical (unpaired) electrons. The van der Waals surface area contributed by atoms with E-state index in [1.54, 1.807) is 0 Å². The predicted octanol–water partition coefficient (Wildman–Crippen LogP) is 4.09. The molecule has 0 atom stereocenters. The van der Waals surface area contributed by atoms with Crippen LogP contribution in [-0.4, -0.2) is 15.1 Å². The van der Waals surface area contributed by atoms with Gasteiger partial charge >= 0.3 is 0 Å². The minimum Gasteiger partial charge on any atom is -0.383 e. The van der Waals surface area contributed by atoms with Crippen LogP contribution in [0.4, 0.5) is 0 Å². The Kier molecular flexibility index (Phi) is 5.08. The molecule has 0 saturated carbocycles. The summed E-state index contributed by atoms with van der Waals surface area (Å²) in [6.45, 7) is 2.28. The van der Waals surface area contributed by atoms with Crippen molar-refractivity contribution >= 4 is 0 Å². The second kappa shape index (κ2) is 7.98. The Morgan fingerprint density at radius 3 is 1.52 bits per heavy atom. The summed E-state index contributed by atoms with van der Waals surface area (Å²) in [5.41, 5.74) is 10.1. The molecule has 4 rings (SSSR count). The van der Waals surface area contributed by atoms with Crippen molar-refractivity contribution in [3.63, 3.8) is 0 Å². The third kappa shape index (κ3) is 4.13. The summed E-state index contributed by atoms with van der Waals surface area (Å²) in [5.74, 6) is 0.755. The van der Waals surface area contributed by atoms with Gasteiger partial charge in [0.05, 0.1) is 25.8 Å². The lowest BCUT2D eigenvalue weighted by atomic mass is 10.2. The number of hydrogen-bond acceptors (Lipinski definition) is 4. The Bertz CT molecular complexity index is 878. The molecule has 27 heavy (non-hydrogen) atoms. The number of nitrogens with zero attached hydrogens (tertiary/aromatic N) is 3. The van der Waals surface area contributed by atoms with Crippen molar-refractivity contribution in [2.24, 2.45) is 5.73 Å². The number of rotatable bonds is 6. The molecule has 0 amide bonds. The summed E-state index contributed by atoms with van der Waals surface area (Å²) in [6.07, 6.45) is 2.03. The van der Waals surface area contributed by atoms with E-state index in [1.165, 1.54) is 16.7 Å². The Balaban J connectivity index is 1.59. The van der Waals surface area contributed by atoms with Crippen LogP contribution in [0.25, 0.3) is 0 Å². The van der Waals surface area contributed by atoms with Crippen LogP contribution in [-0.2, 0) is 19.6 Å². The highest BCUT2D eigenvalue weighted by atomic mass is 15.9. The first-order valence-electron chi connectivity index (χ1n) is 9.20. The molecule has 0 spiro atoms. The summed E-state index contributed by atoms with van der Waals surface area (Å²) in [4.78, 5) is 0. The van der Waals surface area contributed by atoms with Crippen molar-refractivity contribution in [2.75, 3.05) is 0 Å². The maximum atomic E-state index is 6.42. The second-order valence-corrected chi connectivity index (χ2v) is 6.70. The fourth-order valence-electron chi connectivity index (χ4n) is 3.31. The third-order valence-electron chi connectivity index (χ3n) is 4.68. The van der Waals surface area contributed by atoms with E-state index in [1.807, 2.05) is 24.4 Å². The van der Waals surface area contributed by atoms with Gasteiger partial charge in [-0.1, -0.05) is 91.0 Å². The molecule has 136 valence electrons. The van der Waals surface area contributed by atoms with Gasteiger partial charge in [-0.25, -0.2) is 0 Å². The van der Waals surface area contributed by atoms with Crippen LogP contribution in [0.15, 0.2) is 103 Å². The van der Waals surface area contributed by atoms with E-state index in [0.717, 1.165) is 25.5 Å². The lowest BCUT2D eigenvalue weighted by molar-refractivity contribution is -0.133. The molecule has 3 aromatic carbocycles. The number of benzene rings is 3. The largest absolute Gasteiger partial charge is 0.383 e. The van der Waals surface area contributed by atoms with Crippen molar-refractivity contribution in [1.82, 2.24) is 15.1 Å². The molecule has 0 fully saturated rings. The molecule has 2 N–H and O–H groups in total. The lowest BCUT2D eigenvalue weighted by Crippen LogP contribution is -2.45. The van der Waals surface area contributed by atoms with Gasteiger partial charge < -0.3 is 5.73 Å². The molecular formula is C23H24N4. The van der Waals surface area contributed by atoms with Gasteiger partial charge in [0.25, 0.3) is 0 Å². The van der Waals surface area contributed by atoms with Gasteiger partial charge in [0, 0.05) is 0 Å². The van der Waals surface area contributed by atoms with Crippen LogP contribution in [0.5, 0.6) is 0 Å². The van der Waals surface area contributed by atoms with Crippen molar-refractivity contribution in [3.05, 3.63) is 120 Å². The predicted molar refractivity (Wildman–Crippen MR) is 108 cm³/mol. The number of hydrogen-bond donors (Lipinski definition) is 1. The van der Waals surface area contributed by atoms with Gasteiger partial charge in [-0.2, -0.15) is 0 Å². The summed E-state index contributed by atoms with van der Waals surface area (Å²) >= 11 is 0.